The van der Waals surface area contributed by atoms with E-state index in [9.17, 15) is 9.90 Å². The van der Waals surface area contributed by atoms with E-state index in [-0.39, 0.29) is 24.8 Å². The van der Waals surface area contributed by atoms with Gasteiger partial charge in [0, 0.05) is 38.2 Å². The zero-order valence-corrected chi connectivity index (χ0v) is 24.9. The molecule has 0 bridgehead atoms. The normalized spacial score (nSPS) is 18.4. The lowest BCUT2D eigenvalue weighted by atomic mass is 9.99. The molecule has 0 unspecified atom stereocenters. The number of urea groups is 1. The average molecular weight is 580 g/mol. The maximum atomic E-state index is 11.8. The molecule has 7 heteroatoms. The van der Waals surface area contributed by atoms with Crippen molar-refractivity contribution in [3.63, 3.8) is 0 Å². The molecule has 0 spiro atoms. The molecular formula is C36H41N3O4. The molecule has 224 valence electrons. The van der Waals surface area contributed by atoms with Crippen LogP contribution in [-0.4, -0.2) is 42.3 Å². The van der Waals surface area contributed by atoms with Crippen molar-refractivity contribution in [3.05, 3.63) is 131 Å². The quantitative estimate of drug-likeness (QED) is 0.193. The van der Waals surface area contributed by atoms with Gasteiger partial charge in [0.15, 0.2) is 6.29 Å². The van der Waals surface area contributed by atoms with E-state index in [2.05, 4.69) is 83.2 Å². The van der Waals surface area contributed by atoms with Gasteiger partial charge in [0.1, 0.15) is 0 Å². The molecule has 1 heterocycles. The van der Waals surface area contributed by atoms with Gasteiger partial charge < -0.3 is 25.2 Å². The number of carbonyl (C=O) groups is 1. The first-order chi connectivity index (χ1) is 21.0. The van der Waals surface area contributed by atoms with E-state index in [1.807, 2.05) is 49.4 Å². The lowest BCUT2D eigenvalue weighted by Gasteiger charge is -2.38. The van der Waals surface area contributed by atoms with Gasteiger partial charge >= 0.3 is 6.03 Å². The van der Waals surface area contributed by atoms with Gasteiger partial charge in [-0.25, -0.2) is 4.79 Å². The van der Waals surface area contributed by atoms with Crippen LogP contribution in [0.3, 0.4) is 0 Å². The Hall–Kier alpha value is -4.01. The van der Waals surface area contributed by atoms with Crippen molar-refractivity contribution in [3.8, 4) is 11.1 Å². The molecule has 0 aliphatic carbocycles. The largest absolute Gasteiger partial charge is 0.392 e. The number of nitrogens with zero attached hydrogens (tertiary/aromatic N) is 1. The second kappa shape index (κ2) is 14.9. The van der Waals surface area contributed by atoms with Crippen LogP contribution in [0.1, 0.15) is 53.6 Å². The van der Waals surface area contributed by atoms with Crippen molar-refractivity contribution in [2.45, 2.75) is 51.5 Å². The number of aliphatic hydroxyl groups is 1. The van der Waals surface area contributed by atoms with Crippen molar-refractivity contribution >= 4 is 6.03 Å². The summed E-state index contributed by atoms with van der Waals surface area (Å²) in [4.78, 5) is 14.1. The van der Waals surface area contributed by atoms with Crippen LogP contribution in [0.15, 0.2) is 103 Å². The number of benzene rings is 4. The molecule has 4 aromatic carbocycles. The van der Waals surface area contributed by atoms with Gasteiger partial charge in [-0.1, -0.05) is 97.1 Å². The second-order valence-electron chi connectivity index (χ2n) is 11.1. The Morgan fingerprint density at radius 1 is 0.814 bits per heavy atom. The molecule has 5 rings (SSSR count). The number of hydrogen-bond donors (Lipinski definition) is 3. The van der Waals surface area contributed by atoms with Crippen molar-refractivity contribution in [2.75, 3.05) is 20.1 Å². The van der Waals surface area contributed by atoms with E-state index >= 15 is 0 Å². The highest BCUT2D eigenvalue weighted by Crippen LogP contribution is 2.38. The lowest BCUT2D eigenvalue weighted by Crippen LogP contribution is -2.37. The molecule has 1 aliphatic heterocycles. The number of amides is 2. The number of aliphatic hydroxyl groups excluding tert-OH is 1. The molecular weight excluding hydrogens is 538 g/mol. The van der Waals surface area contributed by atoms with Gasteiger partial charge in [-0.3, -0.25) is 4.90 Å². The molecule has 1 saturated heterocycles. The van der Waals surface area contributed by atoms with Crippen molar-refractivity contribution in [1.82, 2.24) is 15.5 Å². The number of nitrogens with one attached hydrogen (secondary N) is 2. The standard InChI is InChI=1S/C36H41N3O4/c1-3-37-36(41)38-22-28-10-7-11-32(20-28)29-16-18-31(19-17-29)35-42-33(24-39(2)23-26-8-5-4-6-9-26)21-34(43-35)30-14-12-27(25-40)13-15-30/h4-20,33-35,40H,3,21-25H2,1-2H3,(H2,37,38,41)/t33-,34+,35+/m1/s1. The Morgan fingerprint density at radius 3 is 2.26 bits per heavy atom. The third-order valence-electron chi connectivity index (χ3n) is 7.66. The summed E-state index contributed by atoms with van der Waals surface area (Å²) in [7, 11) is 2.13. The highest BCUT2D eigenvalue weighted by Gasteiger charge is 2.32. The van der Waals surface area contributed by atoms with Crippen molar-refractivity contribution in [2.24, 2.45) is 0 Å². The number of likely N-dealkylation sites (N-methyl/N-ethyl adjacent to an activating group) is 1. The van der Waals surface area contributed by atoms with Crippen molar-refractivity contribution in [1.29, 1.82) is 0 Å². The molecule has 4 aromatic rings. The molecule has 3 N–H and O–H groups in total. The minimum absolute atomic E-state index is 0.0183. The van der Waals surface area contributed by atoms with Crippen LogP contribution in [0.4, 0.5) is 4.79 Å². The Bertz CT molecular complexity index is 1440. The minimum atomic E-state index is -0.506. The molecule has 0 saturated carbocycles. The first-order valence-corrected chi connectivity index (χ1v) is 14.9. The summed E-state index contributed by atoms with van der Waals surface area (Å²) < 4.78 is 13.1. The molecule has 7 nitrogen and oxygen atoms in total. The average Bonchev–Trinajstić information content (AvgIpc) is 3.04. The van der Waals surface area contributed by atoms with Crippen LogP contribution < -0.4 is 10.6 Å². The number of rotatable bonds is 11. The summed E-state index contributed by atoms with van der Waals surface area (Å²) in [6.45, 7) is 4.58. The summed E-state index contributed by atoms with van der Waals surface area (Å²) in [5.74, 6) is 0. The predicted molar refractivity (Wildman–Crippen MR) is 169 cm³/mol. The van der Waals surface area contributed by atoms with Gasteiger partial charge in [-0.15, -0.1) is 0 Å². The van der Waals surface area contributed by atoms with Crippen LogP contribution in [0.25, 0.3) is 11.1 Å². The van der Waals surface area contributed by atoms with Crippen molar-refractivity contribution < 1.29 is 19.4 Å². The fraction of sp³-hybridized carbons (Fsp3) is 0.306. The fourth-order valence-corrected chi connectivity index (χ4v) is 5.44. The first kappa shape index (κ1) is 30.4. The monoisotopic (exact) mass is 579 g/mol. The van der Waals surface area contributed by atoms with Gasteiger partial charge in [0.05, 0.1) is 18.8 Å². The number of ether oxygens (including phenoxy) is 2. The zero-order chi connectivity index (χ0) is 30.0. The van der Waals surface area contributed by atoms with Crippen LogP contribution in [-0.2, 0) is 29.2 Å². The van der Waals surface area contributed by atoms with Gasteiger partial charge in [-0.05, 0) is 53.4 Å². The Kier molecular flexibility index (Phi) is 10.6. The van der Waals surface area contributed by atoms with Crippen LogP contribution in [0, 0.1) is 0 Å². The molecule has 3 atom stereocenters. The van der Waals surface area contributed by atoms with E-state index in [0.717, 1.165) is 52.9 Å². The maximum absolute atomic E-state index is 11.8. The molecule has 43 heavy (non-hydrogen) atoms. The first-order valence-electron chi connectivity index (χ1n) is 14.9. The van der Waals surface area contributed by atoms with E-state index < -0.39 is 6.29 Å². The van der Waals surface area contributed by atoms with Crippen LogP contribution in [0.2, 0.25) is 0 Å². The van der Waals surface area contributed by atoms with E-state index in [1.165, 1.54) is 5.56 Å². The highest BCUT2D eigenvalue weighted by atomic mass is 16.7. The molecule has 0 aromatic heterocycles. The third-order valence-corrected chi connectivity index (χ3v) is 7.66. The SMILES string of the molecule is CCNC(=O)NCc1cccc(-c2ccc([C@H]3O[C@@H](CN(C)Cc4ccccc4)C[C@@H](c4ccc(CO)cc4)O3)cc2)c1. The number of carbonyl (C=O) groups excluding carboxylic acids is 1. The van der Waals surface area contributed by atoms with E-state index in [4.69, 9.17) is 9.47 Å². The Morgan fingerprint density at radius 2 is 1.53 bits per heavy atom. The maximum Gasteiger partial charge on any atom is 0.315 e. The summed E-state index contributed by atoms with van der Waals surface area (Å²) in [5, 5.41) is 15.1. The van der Waals surface area contributed by atoms with Crippen LogP contribution >= 0.6 is 0 Å². The second-order valence-corrected chi connectivity index (χ2v) is 11.1. The van der Waals surface area contributed by atoms with Crippen LogP contribution in [0.5, 0.6) is 0 Å². The molecule has 1 aliphatic rings. The third kappa shape index (κ3) is 8.52. The minimum Gasteiger partial charge on any atom is -0.392 e. The summed E-state index contributed by atoms with van der Waals surface area (Å²) in [5.41, 5.74) is 7.38. The molecule has 0 radical (unpaired) electrons. The Labute approximate surface area is 254 Å². The summed E-state index contributed by atoms with van der Waals surface area (Å²) in [6, 6.07) is 34.8. The summed E-state index contributed by atoms with van der Waals surface area (Å²) >= 11 is 0. The van der Waals surface area contributed by atoms with E-state index in [0.29, 0.717) is 13.1 Å². The summed E-state index contributed by atoms with van der Waals surface area (Å²) in [6.07, 6.45) is 0.0794. The van der Waals surface area contributed by atoms with Gasteiger partial charge in [0.2, 0.25) is 0 Å². The Balaban J connectivity index is 1.31. The predicted octanol–water partition coefficient (Wildman–Crippen LogP) is 6.34. The fourth-order valence-electron chi connectivity index (χ4n) is 5.44. The smallest absolute Gasteiger partial charge is 0.315 e. The van der Waals surface area contributed by atoms with Gasteiger partial charge in [0.25, 0.3) is 0 Å². The number of hydrogen-bond acceptors (Lipinski definition) is 5. The topological polar surface area (TPSA) is 83.1 Å². The molecule has 1 fully saturated rings. The van der Waals surface area contributed by atoms with Gasteiger partial charge in [-0.2, -0.15) is 0 Å². The molecule has 2 amide bonds. The highest BCUT2D eigenvalue weighted by molar-refractivity contribution is 5.73. The zero-order valence-electron chi connectivity index (χ0n) is 24.9. The van der Waals surface area contributed by atoms with E-state index in [1.54, 1.807) is 0 Å². The lowest BCUT2D eigenvalue weighted by molar-refractivity contribution is -0.252.